The van der Waals surface area contributed by atoms with Gasteiger partial charge in [0, 0.05) is 6.20 Å². The highest BCUT2D eigenvalue weighted by atomic mass is 35.5. The summed E-state index contributed by atoms with van der Waals surface area (Å²) in [5.74, 6) is 0.0752. The van der Waals surface area contributed by atoms with Gasteiger partial charge in [-0.05, 0) is 43.7 Å². The minimum atomic E-state index is -0.803. The minimum absolute atomic E-state index is 0.583. The van der Waals surface area contributed by atoms with E-state index in [0.29, 0.717) is 24.4 Å². The van der Waals surface area contributed by atoms with Crippen molar-refractivity contribution in [2.24, 2.45) is 0 Å². The predicted octanol–water partition coefficient (Wildman–Crippen LogP) is 3.45. The molecule has 0 radical (unpaired) electrons. The van der Waals surface area contributed by atoms with Gasteiger partial charge in [0.05, 0.1) is 10.0 Å². The molecule has 0 aromatic carbocycles. The lowest BCUT2D eigenvalue weighted by Crippen LogP contribution is -2.51. The van der Waals surface area contributed by atoms with Crippen LogP contribution in [0.3, 0.4) is 0 Å². The summed E-state index contributed by atoms with van der Waals surface area (Å²) in [5, 5.41) is 14.0. The molecule has 1 unspecified atom stereocenters. The number of hydrogen-bond acceptors (Lipinski definition) is 4. The van der Waals surface area contributed by atoms with E-state index in [1.165, 1.54) is 0 Å². The van der Waals surface area contributed by atoms with E-state index in [4.69, 9.17) is 11.6 Å². The maximum absolute atomic E-state index is 11.4. The molecule has 0 aliphatic carbocycles. The van der Waals surface area contributed by atoms with Gasteiger partial charge in [0.15, 0.2) is 0 Å². The first-order chi connectivity index (χ1) is 9.54. The molecule has 112 valence electrons. The number of likely N-dealkylation sites (N-methyl/N-ethyl adjacent to an activating group) is 1. The van der Waals surface area contributed by atoms with Crippen LogP contribution in [0, 0.1) is 0 Å². The predicted molar refractivity (Wildman–Crippen MR) is 83.5 cm³/mol. The van der Waals surface area contributed by atoms with Crippen LogP contribution in [0.2, 0.25) is 5.02 Å². The van der Waals surface area contributed by atoms with Crippen molar-refractivity contribution < 1.29 is 9.90 Å². The van der Waals surface area contributed by atoms with Crippen LogP contribution in [0.1, 0.15) is 33.1 Å². The highest BCUT2D eigenvalue weighted by molar-refractivity contribution is 7.99. The molecule has 0 amide bonds. The van der Waals surface area contributed by atoms with E-state index in [-0.39, 0.29) is 0 Å². The molecule has 0 saturated heterocycles. The molecule has 0 fully saturated rings. The normalized spacial score (nSPS) is 13.9. The van der Waals surface area contributed by atoms with E-state index in [2.05, 4.69) is 10.3 Å². The Balaban J connectivity index is 2.44. The molecule has 6 heteroatoms. The molecule has 0 spiro atoms. The quantitative estimate of drug-likeness (QED) is 0.539. The molecular formula is C14H21ClN2O2S. The van der Waals surface area contributed by atoms with Gasteiger partial charge in [-0.25, -0.2) is 4.98 Å². The lowest BCUT2D eigenvalue weighted by Gasteiger charge is -2.29. The largest absolute Gasteiger partial charge is 0.480 e. The number of rotatable bonds is 9. The van der Waals surface area contributed by atoms with Gasteiger partial charge in [0.1, 0.15) is 5.54 Å². The summed E-state index contributed by atoms with van der Waals surface area (Å²) in [6, 6.07) is 3.69. The van der Waals surface area contributed by atoms with E-state index in [0.717, 1.165) is 17.2 Å². The van der Waals surface area contributed by atoms with Crippen LogP contribution in [0.4, 0.5) is 0 Å². The SMILES string of the molecule is CCNC(CC)(CCCSc1ccc(Cl)cn1)C(=O)O. The van der Waals surface area contributed by atoms with Gasteiger partial charge >= 0.3 is 5.97 Å². The van der Waals surface area contributed by atoms with Crippen LogP contribution in [-0.4, -0.2) is 33.9 Å². The standard InChI is InChI=1S/C14H21ClN2O2S/c1-3-14(13(18)19,17-4-2)8-5-9-20-12-7-6-11(15)10-16-12/h6-7,10,17H,3-5,8-9H2,1-2H3,(H,18,19). The van der Waals surface area contributed by atoms with Gasteiger partial charge in [0.2, 0.25) is 0 Å². The lowest BCUT2D eigenvalue weighted by atomic mass is 9.91. The third-order valence-corrected chi connectivity index (χ3v) is 4.48. The zero-order chi connectivity index (χ0) is 15.0. The molecule has 1 heterocycles. The van der Waals surface area contributed by atoms with Crippen molar-refractivity contribution in [1.82, 2.24) is 10.3 Å². The molecule has 0 saturated carbocycles. The average Bonchev–Trinajstić information content (AvgIpc) is 2.44. The fraction of sp³-hybridized carbons (Fsp3) is 0.571. The van der Waals surface area contributed by atoms with E-state index >= 15 is 0 Å². The maximum atomic E-state index is 11.4. The summed E-state index contributed by atoms with van der Waals surface area (Å²) in [6.45, 7) is 4.50. The van der Waals surface area contributed by atoms with Crippen LogP contribution >= 0.6 is 23.4 Å². The van der Waals surface area contributed by atoms with Crippen LogP contribution in [0.5, 0.6) is 0 Å². The fourth-order valence-electron chi connectivity index (χ4n) is 2.06. The number of nitrogens with one attached hydrogen (secondary N) is 1. The van der Waals surface area contributed by atoms with Crippen molar-refractivity contribution in [3.8, 4) is 0 Å². The smallest absolute Gasteiger partial charge is 0.323 e. The Morgan fingerprint density at radius 1 is 1.50 bits per heavy atom. The van der Waals surface area contributed by atoms with Gasteiger partial charge in [-0.3, -0.25) is 4.79 Å². The average molecular weight is 317 g/mol. The Labute approximate surface area is 129 Å². The summed E-state index contributed by atoms with van der Waals surface area (Å²) in [6.07, 6.45) is 3.64. The van der Waals surface area contributed by atoms with E-state index in [1.807, 2.05) is 26.0 Å². The molecular weight excluding hydrogens is 296 g/mol. The lowest BCUT2D eigenvalue weighted by molar-refractivity contribution is -0.145. The maximum Gasteiger partial charge on any atom is 0.323 e. The number of carboxylic acids is 1. The Hall–Kier alpha value is -0.780. The molecule has 1 aromatic rings. The molecule has 1 rings (SSSR count). The molecule has 2 N–H and O–H groups in total. The number of aromatic nitrogens is 1. The van der Waals surface area contributed by atoms with Crippen LogP contribution in [0.15, 0.2) is 23.4 Å². The number of carboxylic acid groups (broad SMARTS) is 1. The highest BCUT2D eigenvalue weighted by Gasteiger charge is 2.34. The second-order valence-electron chi connectivity index (χ2n) is 4.54. The topological polar surface area (TPSA) is 62.2 Å². The summed E-state index contributed by atoms with van der Waals surface area (Å²) in [5.41, 5.74) is -0.803. The summed E-state index contributed by atoms with van der Waals surface area (Å²) in [4.78, 5) is 15.7. The van der Waals surface area contributed by atoms with Gasteiger partial charge < -0.3 is 10.4 Å². The van der Waals surface area contributed by atoms with Gasteiger partial charge in [0.25, 0.3) is 0 Å². The number of hydrogen-bond donors (Lipinski definition) is 2. The van der Waals surface area contributed by atoms with Gasteiger partial charge in [-0.1, -0.05) is 25.4 Å². The molecule has 0 bridgehead atoms. The first-order valence-electron chi connectivity index (χ1n) is 6.77. The number of nitrogens with zero attached hydrogens (tertiary/aromatic N) is 1. The molecule has 20 heavy (non-hydrogen) atoms. The number of pyridine rings is 1. The second-order valence-corrected chi connectivity index (χ2v) is 6.09. The van der Waals surface area contributed by atoms with E-state index in [1.54, 1.807) is 18.0 Å². The third kappa shape index (κ3) is 4.96. The Morgan fingerprint density at radius 2 is 2.25 bits per heavy atom. The van der Waals surface area contributed by atoms with Crippen LogP contribution < -0.4 is 5.32 Å². The van der Waals surface area contributed by atoms with Gasteiger partial charge in [-0.2, -0.15) is 0 Å². The third-order valence-electron chi connectivity index (χ3n) is 3.23. The Morgan fingerprint density at radius 3 is 2.75 bits per heavy atom. The molecule has 0 aliphatic heterocycles. The zero-order valence-corrected chi connectivity index (χ0v) is 13.4. The summed E-state index contributed by atoms with van der Waals surface area (Å²) in [7, 11) is 0. The fourth-order valence-corrected chi connectivity index (χ4v) is 2.96. The molecule has 0 aliphatic rings. The summed E-state index contributed by atoms with van der Waals surface area (Å²) < 4.78 is 0. The summed E-state index contributed by atoms with van der Waals surface area (Å²) >= 11 is 7.40. The van der Waals surface area contributed by atoms with Gasteiger partial charge in [-0.15, -0.1) is 11.8 Å². The zero-order valence-electron chi connectivity index (χ0n) is 11.9. The number of thioether (sulfide) groups is 1. The first-order valence-corrected chi connectivity index (χ1v) is 8.13. The van der Waals surface area contributed by atoms with Crippen LogP contribution in [0.25, 0.3) is 0 Å². The Bertz CT molecular complexity index is 428. The minimum Gasteiger partial charge on any atom is -0.480 e. The Kier molecular flexibility index (Phi) is 7.34. The van der Waals surface area contributed by atoms with Crippen molar-refractivity contribution in [1.29, 1.82) is 0 Å². The molecule has 1 atom stereocenters. The van der Waals surface area contributed by atoms with Crippen molar-refractivity contribution in [3.05, 3.63) is 23.4 Å². The molecule has 4 nitrogen and oxygen atoms in total. The van der Waals surface area contributed by atoms with Crippen molar-refractivity contribution in [2.45, 2.75) is 43.7 Å². The monoisotopic (exact) mass is 316 g/mol. The number of aliphatic carboxylic acids is 1. The highest BCUT2D eigenvalue weighted by Crippen LogP contribution is 2.23. The number of carbonyl (C=O) groups is 1. The van der Waals surface area contributed by atoms with Crippen molar-refractivity contribution in [3.63, 3.8) is 0 Å². The number of halogens is 1. The van der Waals surface area contributed by atoms with E-state index in [9.17, 15) is 9.90 Å². The van der Waals surface area contributed by atoms with Crippen molar-refractivity contribution in [2.75, 3.05) is 12.3 Å². The van der Waals surface area contributed by atoms with E-state index < -0.39 is 11.5 Å². The van der Waals surface area contributed by atoms with Crippen molar-refractivity contribution >= 4 is 29.3 Å². The first kappa shape index (κ1) is 17.3. The second kappa shape index (κ2) is 8.49. The molecule has 1 aromatic heterocycles. The van der Waals surface area contributed by atoms with Crippen LogP contribution in [-0.2, 0) is 4.79 Å².